The highest BCUT2D eigenvalue weighted by molar-refractivity contribution is 7.89. The fourth-order valence-corrected chi connectivity index (χ4v) is 4.05. The molecule has 9 heteroatoms. The molecule has 3 N–H and O–H groups in total. The largest absolute Gasteiger partial charge is 0.320 e. The Hall–Kier alpha value is -2.23. The minimum atomic E-state index is -3.59. The average Bonchev–Trinajstić information content (AvgIpc) is 3.14. The molecule has 1 atom stereocenters. The minimum Gasteiger partial charge on any atom is -0.320 e. The molecule has 0 spiro atoms. The van der Waals surface area contributed by atoms with Gasteiger partial charge in [-0.3, -0.25) is 9.48 Å². The second-order valence-corrected chi connectivity index (χ2v) is 8.13. The van der Waals surface area contributed by atoms with E-state index in [0.717, 1.165) is 25.9 Å². The second-order valence-electron chi connectivity index (χ2n) is 6.27. The number of sulfonamides is 1. The van der Waals surface area contributed by atoms with E-state index in [-0.39, 0.29) is 16.8 Å². The summed E-state index contributed by atoms with van der Waals surface area (Å²) in [6.07, 6.45) is 3.91. The first-order chi connectivity index (χ1) is 12.4. The van der Waals surface area contributed by atoms with Crippen molar-refractivity contribution in [2.24, 2.45) is 0 Å². The number of benzene rings is 1. The van der Waals surface area contributed by atoms with Gasteiger partial charge in [-0.15, -0.1) is 0 Å². The summed E-state index contributed by atoms with van der Waals surface area (Å²) in [6, 6.07) is 6.69. The molecule has 1 aromatic heterocycles. The zero-order chi connectivity index (χ0) is 18.7. The summed E-state index contributed by atoms with van der Waals surface area (Å²) in [7, 11) is -2.24. The van der Waals surface area contributed by atoms with Gasteiger partial charge in [-0.2, -0.15) is 5.10 Å². The number of aromatic nitrogens is 2. The Kier molecular flexibility index (Phi) is 5.40. The van der Waals surface area contributed by atoms with E-state index < -0.39 is 10.0 Å². The van der Waals surface area contributed by atoms with Gasteiger partial charge in [0.05, 0.1) is 10.9 Å². The lowest BCUT2D eigenvalue weighted by Crippen LogP contribution is -2.32. The summed E-state index contributed by atoms with van der Waals surface area (Å²) < 4.78 is 28.2. The van der Waals surface area contributed by atoms with Crippen molar-refractivity contribution in [2.75, 3.05) is 25.5 Å². The molecule has 1 saturated heterocycles. The molecule has 0 saturated carbocycles. The zero-order valence-corrected chi connectivity index (χ0v) is 15.6. The molecule has 2 heterocycles. The average molecular weight is 377 g/mol. The molecule has 1 fully saturated rings. The standard InChI is InChI=1S/C17H23N5O3S/c1-12-14(6-3-7-16(12)26(24,25)18-2)20-17(23)15-8-10-22(21-15)13-5-4-9-19-11-13/h3,6-8,10,13,18-19H,4-5,9,11H2,1-2H3,(H,20,23). The van der Waals surface area contributed by atoms with E-state index in [4.69, 9.17) is 0 Å². The highest BCUT2D eigenvalue weighted by atomic mass is 32.2. The fraction of sp³-hybridized carbons (Fsp3) is 0.412. The van der Waals surface area contributed by atoms with Gasteiger partial charge in [0.1, 0.15) is 0 Å². The van der Waals surface area contributed by atoms with Crippen LogP contribution < -0.4 is 15.4 Å². The molecule has 8 nitrogen and oxygen atoms in total. The van der Waals surface area contributed by atoms with Crippen LogP contribution in [0.15, 0.2) is 35.4 Å². The topological polar surface area (TPSA) is 105 Å². The van der Waals surface area contributed by atoms with Crippen molar-refractivity contribution in [3.05, 3.63) is 41.7 Å². The zero-order valence-electron chi connectivity index (χ0n) is 14.8. The van der Waals surface area contributed by atoms with E-state index in [9.17, 15) is 13.2 Å². The summed E-state index contributed by atoms with van der Waals surface area (Å²) >= 11 is 0. The SMILES string of the molecule is CNS(=O)(=O)c1cccc(NC(=O)c2ccn(C3CCCNC3)n2)c1C. The summed E-state index contributed by atoms with van der Waals surface area (Å²) in [5.41, 5.74) is 1.23. The van der Waals surface area contributed by atoms with Crippen molar-refractivity contribution in [3.63, 3.8) is 0 Å². The van der Waals surface area contributed by atoms with Crippen LogP contribution in [0.25, 0.3) is 0 Å². The van der Waals surface area contributed by atoms with Crippen LogP contribution in [0.4, 0.5) is 5.69 Å². The lowest BCUT2D eigenvalue weighted by molar-refractivity contribution is 0.102. The van der Waals surface area contributed by atoms with Crippen LogP contribution in [0, 0.1) is 6.92 Å². The lowest BCUT2D eigenvalue weighted by Gasteiger charge is -2.22. The first kappa shape index (κ1) is 18.6. The normalized spacial score (nSPS) is 17.8. The van der Waals surface area contributed by atoms with Crippen LogP contribution in [-0.2, 0) is 10.0 Å². The van der Waals surface area contributed by atoms with Gasteiger partial charge < -0.3 is 10.6 Å². The quantitative estimate of drug-likeness (QED) is 0.728. The monoisotopic (exact) mass is 377 g/mol. The number of nitrogens with one attached hydrogen (secondary N) is 3. The number of anilines is 1. The Morgan fingerprint density at radius 3 is 2.85 bits per heavy atom. The third-order valence-corrected chi connectivity index (χ3v) is 6.14. The molecule has 1 aliphatic rings. The molecular weight excluding hydrogens is 354 g/mol. The van der Waals surface area contributed by atoms with Gasteiger partial charge in [0.25, 0.3) is 5.91 Å². The third kappa shape index (κ3) is 3.79. The molecule has 1 aromatic carbocycles. The van der Waals surface area contributed by atoms with Crippen molar-refractivity contribution >= 4 is 21.6 Å². The van der Waals surface area contributed by atoms with Crippen LogP contribution in [0.2, 0.25) is 0 Å². The van der Waals surface area contributed by atoms with Crippen molar-refractivity contribution in [1.82, 2.24) is 19.8 Å². The number of rotatable bonds is 5. The number of carbonyl (C=O) groups is 1. The van der Waals surface area contributed by atoms with E-state index in [1.807, 2.05) is 4.68 Å². The lowest BCUT2D eigenvalue weighted by atomic mass is 10.1. The molecule has 0 aliphatic carbocycles. The van der Waals surface area contributed by atoms with Crippen LogP contribution in [0.5, 0.6) is 0 Å². The number of amides is 1. The third-order valence-electron chi connectivity index (χ3n) is 4.58. The van der Waals surface area contributed by atoms with Crippen molar-refractivity contribution in [2.45, 2.75) is 30.7 Å². The number of hydrogen-bond donors (Lipinski definition) is 3. The highest BCUT2D eigenvalue weighted by Crippen LogP contribution is 2.23. The Balaban J connectivity index is 1.78. The summed E-state index contributed by atoms with van der Waals surface area (Å²) in [5, 5.41) is 10.5. The smallest absolute Gasteiger partial charge is 0.276 e. The molecular formula is C17H23N5O3S. The van der Waals surface area contributed by atoms with E-state index >= 15 is 0 Å². The summed E-state index contributed by atoms with van der Waals surface area (Å²) in [4.78, 5) is 12.7. The van der Waals surface area contributed by atoms with Crippen LogP contribution in [0.3, 0.4) is 0 Å². The van der Waals surface area contributed by atoms with Gasteiger partial charge in [0, 0.05) is 18.4 Å². The first-order valence-electron chi connectivity index (χ1n) is 8.53. The predicted octanol–water partition coefficient (Wildman–Crippen LogP) is 1.28. The molecule has 26 heavy (non-hydrogen) atoms. The summed E-state index contributed by atoms with van der Waals surface area (Å²) in [5.74, 6) is -0.366. The van der Waals surface area contributed by atoms with E-state index in [1.165, 1.54) is 13.1 Å². The molecule has 2 aromatic rings. The Labute approximate surface area is 153 Å². The Morgan fingerprint density at radius 2 is 2.15 bits per heavy atom. The van der Waals surface area contributed by atoms with Gasteiger partial charge in [-0.1, -0.05) is 6.07 Å². The minimum absolute atomic E-state index is 0.136. The van der Waals surface area contributed by atoms with Crippen LogP contribution in [0.1, 0.15) is 34.9 Å². The molecule has 0 radical (unpaired) electrons. The van der Waals surface area contributed by atoms with Gasteiger partial charge in [0.15, 0.2) is 5.69 Å². The second kappa shape index (κ2) is 7.56. The predicted molar refractivity (Wildman–Crippen MR) is 98.7 cm³/mol. The van der Waals surface area contributed by atoms with E-state index in [1.54, 1.807) is 31.3 Å². The van der Waals surface area contributed by atoms with E-state index in [0.29, 0.717) is 16.9 Å². The van der Waals surface area contributed by atoms with Crippen LogP contribution >= 0.6 is 0 Å². The van der Waals surface area contributed by atoms with Crippen molar-refractivity contribution in [3.8, 4) is 0 Å². The summed E-state index contributed by atoms with van der Waals surface area (Å²) in [6.45, 7) is 3.51. The van der Waals surface area contributed by atoms with Gasteiger partial charge in [0.2, 0.25) is 10.0 Å². The fourth-order valence-electron chi connectivity index (χ4n) is 3.06. The Morgan fingerprint density at radius 1 is 1.35 bits per heavy atom. The van der Waals surface area contributed by atoms with Crippen molar-refractivity contribution in [1.29, 1.82) is 0 Å². The maximum Gasteiger partial charge on any atom is 0.276 e. The van der Waals surface area contributed by atoms with Crippen molar-refractivity contribution < 1.29 is 13.2 Å². The first-order valence-corrected chi connectivity index (χ1v) is 10.0. The number of carbonyl (C=O) groups excluding carboxylic acids is 1. The van der Waals surface area contributed by atoms with E-state index in [2.05, 4.69) is 20.5 Å². The number of hydrogen-bond acceptors (Lipinski definition) is 5. The van der Waals surface area contributed by atoms with Gasteiger partial charge >= 0.3 is 0 Å². The molecule has 0 bridgehead atoms. The molecule has 1 aliphatic heterocycles. The number of piperidine rings is 1. The molecule has 3 rings (SSSR count). The van der Waals surface area contributed by atoms with Gasteiger partial charge in [-0.25, -0.2) is 13.1 Å². The van der Waals surface area contributed by atoms with Crippen LogP contribution in [-0.4, -0.2) is 44.2 Å². The maximum absolute atomic E-state index is 12.5. The highest BCUT2D eigenvalue weighted by Gasteiger charge is 2.20. The number of nitrogens with zero attached hydrogens (tertiary/aromatic N) is 2. The maximum atomic E-state index is 12.5. The molecule has 140 valence electrons. The Bertz CT molecular complexity index is 901. The molecule has 1 unspecified atom stereocenters. The van der Waals surface area contributed by atoms with Gasteiger partial charge in [-0.05, 0) is 57.1 Å². The molecule has 1 amide bonds.